The summed E-state index contributed by atoms with van der Waals surface area (Å²) in [7, 11) is -10.0. The molecule has 0 spiro atoms. The second kappa shape index (κ2) is 54.5. The fraction of sp³-hybridized carbons (Fsp3) is 0.647. The number of esters is 4. The minimum absolute atomic E-state index is 0. The van der Waals surface area contributed by atoms with Crippen LogP contribution >= 0.6 is 0 Å². The van der Waals surface area contributed by atoms with Crippen LogP contribution in [0.1, 0.15) is 300 Å². The van der Waals surface area contributed by atoms with Crippen molar-refractivity contribution < 1.29 is 64.1 Å². The van der Waals surface area contributed by atoms with Gasteiger partial charge in [0.1, 0.15) is 20.2 Å². The molecule has 0 N–H and O–H groups in total. The second-order valence-electron chi connectivity index (χ2n) is 21.5. The molecular formula is C68H106CaO14S2. The van der Waals surface area contributed by atoms with Crippen molar-refractivity contribution in [2.75, 3.05) is 26.4 Å². The fourth-order valence-electron chi connectivity index (χ4n) is 9.06. The Morgan fingerprint density at radius 3 is 0.765 bits per heavy atom. The first-order chi connectivity index (χ1) is 40.6. The van der Waals surface area contributed by atoms with E-state index in [1.165, 1.54) is 153 Å². The molecule has 2 aromatic carbocycles. The van der Waals surface area contributed by atoms with Gasteiger partial charge in [-0.2, -0.15) is 0 Å². The van der Waals surface area contributed by atoms with Gasteiger partial charge in [-0.15, -0.1) is 0 Å². The predicted octanol–water partition coefficient (Wildman–Crippen LogP) is 17.8. The Hall–Kier alpha value is -3.64. The van der Waals surface area contributed by atoms with Gasteiger partial charge in [0, 0.05) is 0 Å². The third kappa shape index (κ3) is 42.0. The van der Waals surface area contributed by atoms with Crippen molar-refractivity contribution in [3.8, 4) is 0 Å². The van der Waals surface area contributed by atoms with Crippen LogP contribution in [-0.4, -0.2) is 114 Å². The van der Waals surface area contributed by atoms with E-state index >= 15 is 0 Å². The van der Waals surface area contributed by atoms with Gasteiger partial charge < -0.3 is 28.1 Å². The SMILES string of the molecule is CCCCCCC/C=C/CCCCOC(=O)c1cccc(S(=O)(=O)[O-])c1C(=O)OCCCC/C=C/CCCCCCC.CCCCCCC/C=C/CCCCOC(=O)c1cccc(S(=O)(=O)[O-])c1C(=O)OCCCC/C=C/CCCCCCC.[Ca+2]. The summed E-state index contributed by atoms with van der Waals surface area (Å²) in [6.45, 7) is 9.17. The summed E-state index contributed by atoms with van der Waals surface area (Å²) in [5.41, 5.74) is -1.66. The number of hydrogen-bond acceptors (Lipinski definition) is 14. The number of unbranched alkanes of at least 4 members (excludes halogenated alkanes) is 28. The third-order valence-corrected chi connectivity index (χ3v) is 15.8. The van der Waals surface area contributed by atoms with Gasteiger partial charge in [-0.25, -0.2) is 36.0 Å². The van der Waals surface area contributed by atoms with Crippen molar-refractivity contribution in [2.24, 2.45) is 0 Å². The number of rotatable bonds is 50. The summed E-state index contributed by atoms with van der Waals surface area (Å²) in [5, 5.41) is 0. The van der Waals surface area contributed by atoms with E-state index in [-0.39, 0.29) is 75.3 Å². The number of hydrogen-bond donors (Lipinski definition) is 0. The van der Waals surface area contributed by atoms with Crippen molar-refractivity contribution in [3.05, 3.63) is 107 Å². The van der Waals surface area contributed by atoms with Crippen LogP contribution in [0.15, 0.2) is 94.8 Å². The Balaban J connectivity index is 0.00000164. The van der Waals surface area contributed by atoms with Crippen LogP contribution < -0.4 is 0 Å². The minimum Gasteiger partial charge on any atom is -0.744 e. The monoisotopic (exact) mass is 1250 g/mol. The molecule has 17 heteroatoms. The van der Waals surface area contributed by atoms with Crippen LogP contribution in [0.2, 0.25) is 0 Å². The summed E-state index contributed by atoms with van der Waals surface area (Å²) in [5.74, 6) is -3.73. The number of benzene rings is 2. The zero-order valence-electron chi connectivity index (χ0n) is 52.6. The van der Waals surface area contributed by atoms with E-state index in [1.54, 1.807) is 0 Å². The predicted molar refractivity (Wildman–Crippen MR) is 341 cm³/mol. The summed E-state index contributed by atoms with van der Waals surface area (Å²) in [4.78, 5) is 49.6. The Labute approximate surface area is 544 Å². The maximum Gasteiger partial charge on any atom is 2.00 e. The largest absolute Gasteiger partial charge is 2.00 e. The van der Waals surface area contributed by atoms with E-state index in [9.17, 15) is 45.1 Å². The zero-order chi connectivity index (χ0) is 61.8. The van der Waals surface area contributed by atoms with Crippen LogP contribution in [-0.2, 0) is 39.2 Å². The molecule has 0 aliphatic rings. The second-order valence-corrected chi connectivity index (χ2v) is 24.2. The molecule has 0 heterocycles. The molecule has 0 aromatic heterocycles. The summed E-state index contributed by atoms with van der Waals surface area (Å²) >= 11 is 0. The molecule has 85 heavy (non-hydrogen) atoms. The van der Waals surface area contributed by atoms with E-state index in [1.807, 2.05) is 0 Å². The maximum absolute atomic E-state index is 12.8. The molecule has 0 radical (unpaired) electrons. The van der Waals surface area contributed by atoms with Gasteiger partial charge in [0.2, 0.25) is 0 Å². The molecule has 0 amide bonds. The molecule has 0 atom stereocenters. The maximum atomic E-state index is 12.8. The number of carbonyl (C=O) groups excluding carboxylic acids is 4. The number of carbonyl (C=O) groups is 4. The first kappa shape index (κ1) is 81.4. The van der Waals surface area contributed by atoms with Crippen molar-refractivity contribution >= 4 is 81.9 Å². The summed E-state index contributed by atoms with van der Waals surface area (Å²) in [6, 6.07) is 7.09. The standard InChI is InChI=1S/2C34H54O7S.Ca/c2*1-3-5-7-9-11-13-15-17-19-21-23-28-40-33(35)30-26-25-27-31(42(37,38)39)32(30)34(36)41-29-24-22-20-18-16-14-12-10-8-6-4-2;/h2*15-18,25-27H,3-14,19-24,28-29H2,1-2H3,(H,37,38,39);/q;;+2/p-2/b2*17-15+,18-16+;. The van der Waals surface area contributed by atoms with Crippen LogP contribution in [0.5, 0.6) is 0 Å². The van der Waals surface area contributed by atoms with Gasteiger partial charge in [0.05, 0.1) is 58.5 Å². The van der Waals surface area contributed by atoms with Gasteiger partial charge in [0.15, 0.2) is 0 Å². The molecule has 2 aromatic rings. The van der Waals surface area contributed by atoms with Crippen molar-refractivity contribution in [3.63, 3.8) is 0 Å². The van der Waals surface area contributed by atoms with Crippen LogP contribution in [0.25, 0.3) is 0 Å². The molecule has 2 rings (SSSR count). The molecule has 0 bridgehead atoms. The van der Waals surface area contributed by atoms with E-state index in [0.717, 1.165) is 89.2 Å². The average molecular weight is 1250 g/mol. The molecular weight excluding hydrogens is 1140 g/mol. The fourth-order valence-corrected chi connectivity index (χ4v) is 10.4. The topological polar surface area (TPSA) is 220 Å². The van der Waals surface area contributed by atoms with Crippen molar-refractivity contribution in [1.29, 1.82) is 0 Å². The molecule has 14 nitrogen and oxygen atoms in total. The zero-order valence-corrected chi connectivity index (χ0v) is 56.4. The van der Waals surface area contributed by atoms with Crippen molar-refractivity contribution in [2.45, 2.75) is 269 Å². The Morgan fingerprint density at radius 2 is 0.541 bits per heavy atom. The van der Waals surface area contributed by atoms with Gasteiger partial charge in [-0.05, 0) is 153 Å². The van der Waals surface area contributed by atoms with Gasteiger partial charge in [-0.1, -0.05) is 191 Å². The van der Waals surface area contributed by atoms with Crippen molar-refractivity contribution in [1.82, 2.24) is 0 Å². The summed E-state index contributed by atoms with van der Waals surface area (Å²) < 4.78 is 92.3. The average Bonchev–Trinajstić information content (AvgIpc) is 3.62. The Bertz CT molecular complexity index is 2260. The quantitative estimate of drug-likeness (QED) is 0.0150. The molecule has 0 aliphatic heterocycles. The minimum atomic E-state index is -5.01. The smallest absolute Gasteiger partial charge is 0.744 e. The molecule has 0 saturated heterocycles. The van der Waals surface area contributed by atoms with Crippen LogP contribution in [0.3, 0.4) is 0 Å². The van der Waals surface area contributed by atoms with Crippen LogP contribution in [0.4, 0.5) is 0 Å². The molecule has 0 saturated carbocycles. The summed E-state index contributed by atoms with van der Waals surface area (Å²) in [6.07, 6.45) is 55.7. The molecule has 476 valence electrons. The van der Waals surface area contributed by atoms with Gasteiger partial charge >= 0.3 is 61.6 Å². The number of allylic oxidation sites excluding steroid dienone is 8. The Morgan fingerprint density at radius 1 is 0.329 bits per heavy atom. The number of ether oxygens (including phenoxy) is 4. The molecule has 0 fully saturated rings. The first-order valence-electron chi connectivity index (χ1n) is 32.1. The van der Waals surface area contributed by atoms with Gasteiger partial charge in [0.25, 0.3) is 0 Å². The molecule has 0 unspecified atom stereocenters. The van der Waals surface area contributed by atoms with E-state index in [0.29, 0.717) is 25.7 Å². The van der Waals surface area contributed by atoms with Gasteiger partial charge in [-0.3, -0.25) is 0 Å². The van der Waals surface area contributed by atoms with E-state index in [2.05, 4.69) is 76.3 Å². The normalized spacial score (nSPS) is 11.7. The Kier molecular flexibility index (Phi) is 52.2. The molecule has 0 aliphatic carbocycles. The van der Waals surface area contributed by atoms with E-state index in [4.69, 9.17) is 18.9 Å². The third-order valence-electron chi connectivity index (χ3n) is 14.0. The van der Waals surface area contributed by atoms with Crippen LogP contribution in [0, 0.1) is 0 Å². The first-order valence-corrected chi connectivity index (χ1v) is 34.9. The van der Waals surface area contributed by atoms with E-state index < -0.39 is 65.0 Å².